The van der Waals surface area contributed by atoms with Crippen molar-refractivity contribution in [3.63, 3.8) is 0 Å². The summed E-state index contributed by atoms with van der Waals surface area (Å²) in [4.78, 5) is 10.4. The van der Waals surface area contributed by atoms with Crippen molar-refractivity contribution >= 4 is 24.0 Å². The number of thiol groups is 1. The lowest BCUT2D eigenvalue weighted by molar-refractivity contribution is -0.384. The van der Waals surface area contributed by atoms with Crippen LogP contribution < -0.4 is 5.32 Å². The smallest absolute Gasteiger partial charge is 0.287 e. The Morgan fingerprint density at radius 1 is 1.62 bits per heavy atom. The summed E-state index contributed by atoms with van der Waals surface area (Å²) in [5.74, 6) is 0. The highest BCUT2D eigenvalue weighted by atomic mass is 32.1. The van der Waals surface area contributed by atoms with Crippen LogP contribution in [0.4, 0.5) is 11.4 Å². The van der Waals surface area contributed by atoms with Crippen LogP contribution >= 0.6 is 12.6 Å². The minimum atomic E-state index is -0.570. The fourth-order valence-corrected chi connectivity index (χ4v) is 1.03. The molecule has 0 radical (unpaired) electrons. The van der Waals surface area contributed by atoms with Gasteiger partial charge in [0.05, 0.1) is 4.92 Å². The third kappa shape index (κ3) is 2.10. The molecular weight excluding hydrogens is 190 g/mol. The lowest BCUT2D eigenvalue weighted by Crippen LogP contribution is -1.95. The van der Waals surface area contributed by atoms with E-state index in [0.717, 1.165) is 0 Å². The third-order valence-corrected chi connectivity index (χ3v) is 1.65. The van der Waals surface area contributed by atoms with Crippen molar-refractivity contribution in [3.05, 3.63) is 28.3 Å². The summed E-state index contributed by atoms with van der Waals surface area (Å²) in [7, 11) is 0. The Hall–Kier alpha value is -1.74. The van der Waals surface area contributed by atoms with Gasteiger partial charge in [-0.3, -0.25) is 15.4 Å². The van der Waals surface area contributed by atoms with Crippen LogP contribution in [-0.4, -0.2) is 4.92 Å². The van der Waals surface area contributed by atoms with Crippen LogP contribution in [0.3, 0.4) is 0 Å². The average Bonchev–Trinajstić information content (AvgIpc) is 2.08. The highest BCUT2D eigenvalue weighted by molar-refractivity contribution is 7.80. The molecule has 1 rings (SSSR count). The van der Waals surface area contributed by atoms with Gasteiger partial charge in [0.2, 0.25) is 0 Å². The highest BCUT2D eigenvalue weighted by Gasteiger charge is 2.12. The molecule has 0 saturated carbocycles. The quantitative estimate of drug-likeness (QED) is 0.248. The van der Waals surface area contributed by atoms with Gasteiger partial charge in [0.15, 0.2) is 6.19 Å². The first kappa shape index (κ1) is 9.35. The molecule has 0 aromatic heterocycles. The van der Waals surface area contributed by atoms with Gasteiger partial charge in [-0.25, -0.2) is 0 Å². The fraction of sp³-hybridized carbons (Fsp3) is 0. The van der Waals surface area contributed by atoms with Gasteiger partial charge in [0.1, 0.15) is 5.69 Å². The molecule has 0 amide bonds. The van der Waals surface area contributed by atoms with E-state index in [4.69, 9.17) is 5.26 Å². The van der Waals surface area contributed by atoms with Crippen LogP contribution in [0, 0.1) is 21.6 Å². The zero-order chi connectivity index (χ0) is 9.84. The van der Waals surface area contributed by atoms with Crippen LogP contribution in [0.1, 0.15) is 0 Å². The number of nitro groups is 1. The second kappa shape index (κ2) is 3.78. The van der Waals surface area contributed by atoms with Gasteiger partial charge in [0.25, 0.3) is 5.69 Å². The van der Waals surface area contributed by atoms with Gasteiger partial charge in [-0.2, -0.15) is 5.26 Å². The number of nitriles is 1. The first-order valence-electron chi connectivity index (χ1n) is 3.27. The van der Waals surface area contributed by atoms with Crippen molar-refractivity contribution in [3.8, 4) is 6.19 Å². The van der Waals surface area contributed by atoms with E-state index in [1.807, 2.05) is 0 Å². The summed E-state index contributed by atoms with van der Waals surface area (Å²) in [6.07, 6.45) is 1.62. The lowest BCUT2D eigenvalue weighted by Gasteiger charge is -1.99. The molecule has 1 N–H and O–H groups in total. The Bertz CT molecular complexity index is 386. The SMILES string of the molecule is N#CNc1ccc(S)cc1[N+](=O)[O-]. The summed E-state index contributed by atoms with van der Waals surface area (Å²) < 4.78 is 0. The Balaban J connectivity index is 3.20. The number of anilines is 1. The Morgan fingerprint density at radius 2 is 2.31 bits per heavy atom. The van der Waals surface area contributed by atoms with Crippen molar-refractivity contribution in [1.29, 1.82) is 5.26 Å². The van der Waals surface area contributed by atoms with E-state index in [-0.39, 0.29) is 11.4 Å². The first-order chi connectivity index (χ1) is 6.15. The van der Waals surface area contributed by atoms with Gasteiger partial charge in [0, 0.05) is 11.0 Å². The molecule has 0 saturated heterocycles. The summed E-state index contributed by atoms with van der Waals surface area (Å²) in [5, 5.41) is 21.0. The van der Waals surface area contributed by atoms with E-state index < -0.39 is 4.92 Å². The van der Waals surface area contributed by atoms with E-state index in [1.54, 1.807) is 12.3 Å². The number of nitrogens with zero attached hydrogens (tertiary/aromatic N) is 2. The molecule has 66 valence electrons. The second-order valence-electron chi connectivity index (χ2n) is 2.20. The van der Waals surface area contributed by atoms with Crippen LogP contribution in [0.2, 0.25) is 0 Å². The van der Waals surface area contributed by atoms with Crippen molar-refractivity contribution in [2.45, 2.75) is 4.90 Å². The van der Waals surface area contributed by atoms with E-state index in [9.17, 15) is 10.1 Å². The van der Waals surface area contributed by atoms with Crippen LogP contribution in [0.15, 0.2) is 23.1 Å². The molecule has 1 aromatic rings. The second-order valence-corrected chi connectivity index (χ2v) is 2.71. The number of nitrogens with one attached hydrogen (secondary N) is 1. The Kier molecular flexibility index (Phi) is 2.72. The fourth-order valence-electron chi connectivity index (χ4n) is 0.837. The number of rotatable bonds is 2. The molecule has 5 nitrogen and oxygen atoms in total. The Labute approximate surface area is 79.5 Å². The molecular formula is C7H5N3O2S. The topological polar surface area (TPSA) is 79.0 Å². The van der Waals surface area contributed by atoms with Crippen molar-refractivity contribution in [1.82, 2.24) is 0 Å². The van der Waals surface area contributed by atoms with Gasteiger partial charge in [-0.1, -0.05) is 0 Å². The summed E-state index contributed by atoms with van der Waals surface area (Å²) in [5.41, 5.74) is 0.0133. The number of hydrogen-bond donors (Lipinski definition) is 2. The number of benzene rings is 1. The van der Waals surface area contributed by atoms with E-state index >= 15 is 0 Å². The van der Waals surface area contributed by atoms with Gasteiger partial charge in [-0.15, -0.1) is 12.6 Å². The first-order valence-corrected chi connectivity index (χ1v) is 3.72. The van der Waals surface area contributed by atoms with E-state index in [0.29, 0.717) is 4.90 Å². The summed E-state index contributed by atoms with van der Waals surface area (Å²) >= 11 is 3.95. The minimum Gasteiger partial charge on any atom is -0.287 e. The maximum absolute atomic E-state index is 10.5. The molecule has 0 bridgehead atoms. The normalized spacial score (nSPS) is 8.92. The molecule has 13 heavy (non-hydrogen) atoms. The third-order valence-electron chi connectivity index (χ3n) is 1.37. The molecule has 0 aliphatic rings. The van der Waals surface area contributed by atoms with Crippen LogP contribution in [0.25, 0.3) is 0 Å². The molecule has 0 fully saturated rings. The number of nitro benzene ring substituents is 1. The van der Waals surface area contributed by atoms with E-state index in [1.165, 1.54) is 12.1 Å². The van der Waals surface area contributed by atoms with Crippen LogP contribution in [0.5, 0.6) is 0 Å². The van der Waals surface area contributed by atoms with Gasteiger partial charge in [-0.05, 0) is 12.1 Å². The van der Waals surface area contributed by atoms with Crippen molar-refractivity contribution in [2.75, 3.05) is 5.32 Å². The zero-order valence-corrected chi connectivity index (χ0v) is 7.28. The van der Waals surface area contributed by atoms with Gasteiger partial charge >= 0.3 is 0 Å². The molecule has 0 unspecified atom stereocenters. The number of hydrogen-bond acceptors (Lipinski definition) is 5. The molecule has 0 aliphatic heterocycles. The molecule has 6 heteroatoms. The van der Waals surface area contributed by atoms with Crippen LogP contribution in [-0.2, 0) is 0 Å². The zero-order valence-electron chi connectivity index (χ0n) is 6.39. The standard InChI is InChI=1S/C7H5N3O2S/c8-4-9-6-2-1-5(13)3-7(6)10(11)12/h1-3,9,13H. The van der Waals surface area contributed by atoms with Gasteiger partial charge < -0.3 is 0 Å². The molecule has 0 heterocycles. The summed E-state index contributed by atoms with van der Waals surface area (Å²) in [6, 6.07) is 4.28. The largest absolute Gasteiger partial charge is 0.294 e. The molecule has 0 spiro atoms. The lowest BCUT2D eigenvalue weighted by atomic mass is 10.3. The minimum absolute atomic E-state index is 0.158. The predicted molar refractivity (Wildman–Crippen MR) is 49.6 cm³/mol. The maximum atomic E-state index is 10.5. The van der Waals surface area contributed by atoms with Crippen molar-refractivity contribution in [2.24, 2.45) is 0 Å². The predicted octanol–water partition coefficient (Wildman–Crippen LogP) is 1.78. The molecule has 1 aromatic carbocycles. The molecule has 0 aliphatic carbocycles. The summed E-state index contributed by atoms with van der Waals surface area (Å²) in [6.45, 7) is 0. The average molecular weight is 195 g/mol. The maximum Gasteiger partial charge on any atom is 0.294 e. The van der Waals surface area contributed by atoms with E-state index in [2.05, 4.69) is 17.9 Å². The Morgan fingerprint density at radius 3 is 2.85 bits per heavy atom. The monoisotopic (exact) mass is 195 g/mol. The highest BCUT2D eigenvalue weighted by Crippen LogP contribution is 2.26. The molecule has 0 atom stereocenters. The van der Waals surface area contributed by atoms with Crippen molar-refractivity contribution < 1.29 is 4.92 Å².